The van der Waals surface area contributed by atoms with Gasteiger partial charge in [-0.15, -0.1) is 13.2 Å². The smallest absolute Gasteiger partial charge is 0.508 e. The van der Waals surface area contributed by atoms with Crippen LogP contribution in [0.5, 0.6) is 11.5 Å². The lowest BCUT2D eigenvalue weighted by atomic mass is 10.1. The molecule has 1 aliphatic heterocycles. The molecular formula is C16H11ClF3NO3. The monoisotopic (exact) mass is 357 g/mol. The number of hydrogen-bond donors (Lipinski definition) is 1. The van der Waals surface area contributed by atoms with Crippen molar-refractivity contribution in [2.45, 2.75) is 19.5 Å². The van der Waals surface area contributed by atoms with Gasteiger partial charge in [0, 0.05) is 13.1 Å². The molecule has 1 aliphatic rings. The molecule has 0 aliphatic carbocycles. The fourth-order valence-corrected chi connectivity index (χ4v) is 2.91. The van der Waals surface area contributed by atoms with E-state index in [0.29, 0.717) is 16.7 Å². The number of aromatic hydroxyl groups is 1. The SMILES string of the molecule is O=C1c2c(Cl)cc(O)cc2CN1Cc1ccc(OC(F)(F)F)cc1. The van der Waals surface area contributed by atoms with Crippen molar-refractivity contribution in [3.8, 4) is 11.5 Å². The summed E-state index contributed by atoms with van der Waals surface area (Å²) in [5.41, 5.74) is 1.60. The van der Waals surface area contributed by atoms with Gasteiger partial charge in [0.25, 0.3) is 5.91 Å². The number of phenolic OH excluding ortho intramolecular Hbond substituents is 1. The van der Waals surface area contributed by atoms with E-state index in [4.69, 9.17) is 11.6 Å². The van der Waals surface area contributed by atoms with Crippen molar-refractivity contribution < 1.29 is 27.8 Å². The lowest BCUT2D eigenvalue weighted by Gasteiger charge is -2.16. The van der Waals surface area contributed by atoms with Crippen LogP contribution in [0.1, 0.15) is 21.5 Å². The van der Waals surface area contributed by atoms with E-state index in [0.717, 1.165) is 0 Å². The molecular weight excluding hydrogens is 347 g/mol. The second kappa shape index (κ2) is 5.90. The minimum atomic E-state index is -4.74. The number of fused-ring (bicyclic) bond motifs is 1. The van der Waals surface area contributed by atoms with Crippen molar-refractivity contribution in [2.24, 2.45) is 0 Å². The van der Waals surface area contributed by atoms with Crippen LogP contribution in [0.15, 0.2) is 36.4 Å². The molecule has 0 radical (unpaired) electrons. The van der Waals surface area contributed by atoms with Gasteiger partial charge in [0.2, 0.25) is 0 Å². The first-order valence-corrected chi connectivity index (χ1v) is 7.26. The Hall–Kier alpha value is -2.41. The van der Waals surface area contributed by atoms with Crippen molar-refractivity contribution in [3.63, 3.8) is 0 Å². The first kappa shape index (κ1) is 16.4. The van der Waals surface area contributed by atoms with Crippen LogP contribution in [0.3, 0.4) is 0 Å². The van der Waals surface area contributed by atoms with Crippen LogP contribution in [0.25, 0.3) is 0 Å². The van der Waals surface area contributed by atoms with Crippen LogP contribution in [0.4, 0.5) is 13.2 Å². The Morgan fingerprint density at radius 3 is 2.50 bits per heavy atom. The highest BCUT2D eigenvalue weighted by atomic mass is 35.5. The topological polar surface area (TPSA) is 49.8 Å². The first-order valence-electron chi connectivity index (χ1n) is 6.88. The van der Waals surface area contributed by atoms with Crippen LogP contribution in [0.2, 0.25) is 5.02 Å². The Bertz CT molecular complexity index is 790. The number of halogens is 4. The van der Waals surface area contributed by atoms with Gasteiger partial charge in [-0.2, -0.15) is 0 Å². The minimum absolute atomic E-state index is 0.0259. The highest BCUT2D eigenvalue weighted by Gasteiger charge is 2.32. The molecule has 1 heterocycles. The molecule has 0 saturated carbocycles. The van der Waals surface area contributed by atoms with Crippen LogP contribution >= 0.6 is 11.6 Å². The first-order chi connectivity index (χ1) is 11.2. The Morgan fingerprint density at radius 2 is 1.88 bits per heavy atom. The van der Waals surface area contributed by atoms with Crippen molar-refractivity contribution in [1.29, 1.82) is 0 Å². The molecule has 0 bridgehead atoms. The summed E-state index contributed by atoms with van der Waals surface area (Å²) in [6.45, 7) is 0.472. The number of phenols is 1. The third-order valence-electron chi connectivity index (χ3n) is 3.55. The van der Waals surface area contributed by atoms with E-state index >= 15 is 0 Å². The third kappa shape index (κ3) is 3.41. The maximum atomic E-state index is 12.4. The van der Waals surface area contributed by atoms with Gasteiger partial charge in [-0.25, -0.2) is 0 Å². The second-order valence-electron chi connectivity index (χ2n) is 5.31. The number of carbonyl (C=O) groups excluding carboxylic acids is 1. The van der Waals surface area contributed by atoms with Gasteiger partial charge in [-0.1, -0.05) is 23.7 Å². The van der Waals surface area contributed by atoms with E-state index in [2.05, 4.69) is 4.74 Å². The van der Waals surface area contributed by atoms with E-state index in [-0.39, 0.29) is 35.5 Å². The number of hydrogen-bond acceptors (Lipinski definition) is 3. The zero-order valence-corrected chi connectivity index (χ0v) is 12.9. The Morgan fingerprint density at radius 1 is 1.21 bits per heavy atom. The normalized spacial score (nSPS) is 14.0. The molecule has 1 amide bonds. The third-order valence-corrected chi connectivity index (χ3v) is 3.85. The van der Waals surface area contributed by atoms with E-state index < -0.39 is 6.36 Å². The second-order valence-corrected chi connectivity index (χ2v) is 5.72. The van der Waals surface area contributed by atoms with Crippen molar-refractivity contribution in [3.05, 3.63) is 58.1 Å². The molecule has 24 heavy (non-hydrogen) atoms. The summed E-state index contributed by atoms with van der Waals surface area (Å²) in [5, 5.41) is 9.72. The predicted molar refractivity (Wildman–Crippen MR) is 79.8 cm³/mol. The van der Waals surface area contributed by atoms with E-state index in [1.165, 1.54) is 41.3 Å². The van der Waals surface area contributed by atoms with Gasteiger partial charge in [0.15, 0.2) is 0 Å². The fourth-order valence-electron chi connectivity index (χ4n) is 2.59. The number of rotatable bonds is 3. The molecule has 4 nitrogen and oxygen atoms in total. The highest BCUT2D eigenvalue weighted by molar-refractivity contribution is 6.34. The summed E-state index contributed by atoms with van der Waals surface area (Å²) >= 11 is 5.99. The molecule has 0 fully saturated rings. The molecule has 3 rings (SSSR count). The zero-order valence-electron chi connectivity index (χ0n) is 12.1. The molecule has 2 aromatic rings. The summed E-state index contributed by atoms with van der Waals surface area (Å²) in [5.74, 6) is -0.636. The number of ether oxygens (including phenoxy) is 1. The standard InChI is InChI=1S/C16H11ClF3NO3/c17-13-6-11(22)5-10-8-21(15(23)14(10)13)7-9-1-3-12(4-2-9)24-16(18,19)20/h1-6,22H,7-8H2. The fraction of sp³-hybridized carbons (Fsp3) is 0.188. The Kier molecular flexibility index (Phi) is 4.04. The van der Waals surface area contributed by atoms with Gasteiger partial charge in [0.05, 0.1) is 10.6 Å². The van der Waals surface area contributed by atoms with Crippen molar-refractivity contribution in [1.82, 2.24) is 4.90 Å². The van der Waals surface area contributed by atoms with Crippen LogP contribution in [-0.2, 0) is 13.1 Å². The molecule has 0 spiro atoms. The summed E-state index contributed by atoms with van der Waals surface area (Å²) in [7, 11) is 0. The van der Waals surface area contributed by atoms with Gasteiger partial charge < -0.3 is 14.7 Å². The van der Waals surface area contributed by atoms with Crippen molar-refractivity contribution in [2.75, 3.05) is 0 Å². The van der Waals surface area contributed by atoms with Crippen LogP contribution < -0.4 is 4.74 Å². The number of benzene rings is 2. The summed E-state index contributed by atoms with van der Waals surface area (Å²) in [6.07, 6.45) is -4.74. The van der Waals surface area contributed by atoms with Gasteiger partial charge in [-0.05, 0) is 35.4 Å². The molecule has 0 unspecified atom stereocenters. The quantitative estimate of drug-likeness (QED) is 0.899. The number of nitrogens with zero attached hydrogens (tertiary/aromatic N) is 1. The summed E-state index contributed by atoms with van der Waals surface area (Å²) in [6, 6.07) is 8.06. The van der Waals surface area contributed by atoms with Crippen LogP contribution in [0, 0.1) is 0 Å². The lowest BCUT2D eigenvalue weighted by Crippen LogP contribution is -2.23. The van der Waals surface area contributed by atoms with E-state index in [9.17, 15) is 23.1 Å². The Balaban J connectivity index is 1.74. The van der Waals surface area contributed by atoms with E-state index in [1.54, 1.807) is 0 Å². The number of amides is 1. The molecule has 0 atom stereocenters. The largest absolute Gasteiger partial charge is 0.573 e. The van der Waals surface area contributed by atoms with Crippen molar-refractivity contribution >= 4 is 17.5 Å². The van der Waals surface area contributed by atoms with Gasteiger partial charge >= 0.3 is 6.36 Å². The van der Waals surface area contributed by atoms with E-state index in [1.807, 2.05) is 0 Å². The average Bonchev–Trinajstić information content (AvgIpc) is 2.76. The molecule has 2 aromatic carbocycles. The highest BCUT2D eigenvalue weighted by Crippen LogP contribution is 2.33. The number of carbonyl (C=O) groups is 1. The zero-order chi connectivity index (χ0) is 17.5. The molecule has 0 saturated heterocycles. The molecule has 0 aromatic heterocycles. The lowest BCUT2D eigenvalue weighted by molar-refractivity contribution is -0.274. The molecule has 126 valence electrons. The van der Waals surface area contributed by atoms with Crippen LogP contribution in [-0.4, -0.2) is 22.3 Å². The van der Waals surface area contributed by atoms with Gasteiger partial charge in [0.1, 0.15) is 11.5 Å². The minimum Gasteiger partial charge on any atom is -0.508 e. The Labute approximate surface area is 140 Å². The summed E-state index contributed by atoms with van der Waals surface area (Å²) in [4.78, 5) is 13.9. The molecule has 8 heteroatoms. The molecule has 1 N–H and O–H groups in total. The summed E-state index contributed by atoms with van der Waals surface area (Å²) < 4.78 is 40.2. The van der Waals surface area contributed by atoms with Gasteiger partial charge in [-0.3, -0.25) is 4.79 Å². The average molecular weight is 358 g/mol. The number of alkyl halides is 3. The predicted octanol–water partition coefficient (Wildman–Crippen LogP) is 4.10. The maximum absolute atomic E-state index is 12.4. The maximum Gasteiger partial charge on any atom is 0.573 e.